The lowest BCUT2D eigenvalue weighted by atomic mass is 10.1. The molecule has 0 aliphatic carbocycles. The normalized spacial score (nSPS) is 24.7. The summed E-state index contributed by atoms with van der Waals surface area (Å²) in [7, 11) is 0. The second kappa shape index (κ2) is 4.61. The molecule has 2 nitrogen and oxygen atoms in total. The van der Waals surface area contributed by atoms with E-state index < -0.39 is 0 Å². The molecule has 2 heteroatoms. The summed E-state index contributed by atoms with van der Waals surface area (Å²) in [6, 6.07) is 0.247. The van der Waals surface area contributed by atoms with Crippen molar-refractivity contribution in [2.75, 3.05) is 13.1 Å². The summed E-state index contributed by atoms with van der Waals surface area (Å²) in [5.74, 6) is 0.351. The number of hydrogen-bond donors (Lipinski definition) is 0. The highest BCUT2D eigenvalue weighted by atomic mass is 16.1. The van der Waals surface area contributed by atoms with E-state index in [9.17, 15) is 4.79 Å². The Bertz CT molecular complexity index is 156. The zero-order chi connectivity index (χ0) is 8.97. The van der Waals surface area contributed by atoms with E-state index in [1.807, 2.05) is 0 Å². The Hall–Kier alpha value is -0.370. The van der Waals surface area contributed by atoms with Crippen molar-refractivity contribution in [3.63, 3.8) is 0 Å². The predicted molar refractivity (Wildman–Crippen MR) is 50.2 cm³/mol. The maximum absolute atomic E-state index is 11.2. The van der Waals surface area contributed by atoms with E-state index in [0.717, 1.165) is 19.5 Å². The minimum absolute atomic E-state index is 0.247. The Morgan fingerprint density at radius 2 is 2.33 bits per heavy atom. The van der Waals surface area contributed by atoms with Crippen molar-refractivity contribution in [3.8, 4) is 0 Å². The van der Waals surface area contributed by atoms with Gasteiger partial charge >= 0.3 is 0 Å². The van der Waals surface area contributed by atoms with Gasteiger partial charge in [-0.3, -0.25) is 9.69 Å². The monoisotopic (exact) mass is 169 g/mol. The summed E-state index contributed by atoms with van der Waals surface area (Å²) in [5.41, 5.74) is 0. The Morgan fingerprint density at radius 3 is 2.92 bits per heavy atom. The van der Waals surface area contributed by atoms with Gasteiger partial charge in [0.15, 0.2) is 0 Å². The standard InChI is InChI=1S/C10H19NO/c1-3-4-7-11-8-5-6-10(11)9(2)12/h10H,3-8H2,1-2H3/t10-/m1/s1. The fourth-order valence-corrected chi connectivity index (χ4v) is 1.92. The third-order valence-corrected chi connectivity index (χ3v) is 2.63. The van der Waals surface area contributed by atoms with Crippen molar-refractivity contribution in [3.05, 3.63) is 0 Å². The van der Waals surface area contributed by atoms with Crippen LogP contribution in [0, 0.1) is 0 Å². The fraction of sp³-hybridized carbons (Fsp3) is 0.900. The van der Waals surface area contributed by atoms with Gasteiger partial charge in [0.2, 0.25) is 0 Å². The summed E-state index contributed by atoms with van der Waals surface area (Å²) in [6.07, 6.45) is 4.73. The maximum atomic E-state index is 11.2. The molecule has 0 unspecified atom stereocenters. The second-order valence-corrected chi connectivity index (χ2v) is 3.66. The zero-order valence-electron chi connectivity index (χ0n) is 8.18. The van der Waals surface area contributed by atoms with Gasteiger partial charge in [-0.15, -0.1) is 0 Å². The number of Topliss-reactive ketones (excluding diaryl/α,β-unsaturated/α-hetero) is 1. The van der Waals surface area contributed by atoms with E-state index >= 15 is 0 Å². The molecule has 1 aliphatic heterocycles. The first-order valence-electron chi connectivity index (χ1n) is 5.00. The summed E-state index contributed by atoms with van der Waals surface area (Å²) in [4.78, 5) is 13.5. The average molecular weight is 169 g/mol. The molecule has 1 saturated heterocycles. The van der Waals surface area contributed by atoms with Crippen LogP contribution in [0.3, 0.4) is 0 Å². The van der Waals surface area contributed by atoms with Crippen LogP contribution in [0.1, 0.15) is 39.5 Å². The van der Waals surface area contributed by atoms with Crippen LogP contribution in [0.4, 0.5) is 0 Å². The number of carbonyl (C=O) groups excluding carboxylic acids is 1. The van der Waals surface area contributed by atoms with Gasteiger partial charge in [-0.1, -0.05) is 13.3 Å². The van der Waals surface area contributed by atoms with E-state index in [4.69, 9.17) is 0 Å². The highest BCUT2D eigenvalue weighted by Gasteiger charge is 2.26. The molecule has 0 saturated carbocycles. The van der Waals surface area contributed by atoms with Crippen molar-refractivity contribution < 1.29 is 4.79 Å². The Labute approximate surface area is 74.9 Å². The first kappa shape index (κ1) is 9.72. The van der Waals surface area contributed by atoms with Gasteiger partial charge in [0, 0.05) is 0 Å². The summed E-state index contributed by atoms with van der Waals surface area (Å²) < 4.78 is 0. The minimum Gasteiger partial charge on any atom is -0.298 e. The van der Waals surface area contributed by atoms with Gasteiger partial charge in [-0.25, -0.2) is 0 Å². The van der Waals surface area contributed by atoms with Crippen molar-refractivity contribution >= 4 is 5.78 Å². The molecule has 1 rings (SSSR count). The average Bonchev–Trinajstić information content (AvgIpc) is 2.48. The van der Waals surface area contributed by atoms with Crippen LogP contribution in [0.2, 0.25) is 0 Å². The van der Waals surface area contributed by atoms with Gasteiger partial charge < -0.3 is 0 Å². The second-order valence-electron chi connectivity index (χ2n) is 3.66. The first-order valence-corrected chi connectivity index (χ1v) is 5.00. The lowest BCUT2D eigenvalue weighted by molar-refractivity contribution is -0.121. The van der Waals surface area contributed by atoms with Crippen LogP contribution >= 0.6 is 0 Å². The molecule has 0 bridgehead atoms. The van der Waals surface area contributed by atoms with Gasteiger partial charge in [-0.05, 0) is 39.3 Å². The molecule has 1 heterocycles. The van der Waals surface area contributed by atoms with Crippen LogP contribution in [-0.2, 0) is 4.79 Å². The molecule has 0 spiro atoms. The number of hydrogen-bond acceptors (Lipinski definition) is 2. The quantitative estimate of drug-likeness (QED) is 0.640. The number of carbonyl (C=O) groups is 1. The van der Waals surface area contributed by atoms with Crippen molar-refractivity contribution in [1.82, 2.24) is 4.90 Å². The molecule has 12 heavy (non-hydrogen) atoms. The Kier molecular flexibility index (Phi) is 3.73. The van der Waals surface area contributed by atoms with E-state index in [2.05, 4.69) is 11.8 Å². The van der Waals surface area contributed by atoms with E-state index in [1.165, 1.54) is 19.3 Å². The Morgan fingerprint density at radius 1 is 1.58 bits per heavy atom. The minimum atomic E-state index is 0.247. The highest BCUT2D eigenvalue weighted by Crippen LogP contribution is 2.18. The third kappa shape index (κ3) is 2.31. The van der Waals surface area contributed by atoms with Crippen LogP contribution < -0.4 is 0 Å². The summed E-state index contributed by atoms with van der Waals surface area (Å²) >= 11 is 0. The Balaban J connectivity index is 2.35. The van der Waals surface area contributed by atoms with Crippen molar-refractivity contribution in [1.29, 1.82) is 0 Å². The molecule has 1 atom stereocenters. The van der Waals surface area contributed by atoms with Gasteiger partial charge in [0.25, 0.3) is 0 Å². The molecular formula is C10H19NO. The number of nitrogens with zero attached hydrogens (tertiary/aromatic N) is 1. The lowest BCUT2D eigenvalue weighted by Gasteiger charge is -2.21. The topological polar surface area (TPSA) is 20.3 Å². The summed E-state index contributed by atoms with van der Waals surface area (Å²) in [6.45, 7) is 6.15. The van der Waals surface area contributed by atoms with Crippen LogP contribution in [-0.4, -0.2) is 29.8 Å². The lowest BCUT2D eigenvalue weighted by Crippen LogP contribution is -2.35. The molecule has 1 aliphatic rings. The summed E-state index contributed by atoms with van der Waals surface area (Å²) in [5, 5.41) is 0. The third-order valence-electron chi connectivity index (χ3n) is 2.63. The van der Waals surface area contributed by atoms with Gasteiger partial charge in [0.1, 0.15) is 5.78 Å². The molecule has 1 fully saturated rings. The molecule has 0 N–H and O–H groups in total. The highest BCUT2D eigenvalue weighted by molar-refractivity contribution is 5.81. The van der Waals surface area contributed by atoms with Crippen molar-refractivity contribution in [2.24, 2.45) is 0 Å². The molecule has 70 valence electrons. The SMILES string of the molecule is CCCCN1CCC[C@@H]1C(C)=O. The first-order chi connectivity index (χ1) is 5.75. The molecule has 0 amide bonds. The van der Waals surface area contributed by atoms with Crippen LogP contribution in [0.15, 0.2) is 0 Å². The molecule has 0 radical (unpaired) electrons. The van der Waals surface area contributed by atoms with Crippen molar-refractivity contribution in [2.45, 2.75) is 45.6 Å². The fourth-order valence-electron chi connectivity index (χ4n) is 1.92. The molecule has 0 aromatic heterocycles. The number of likely N-dealkylation sites (tertiary alicyclic amines) is 1. The smallest absolute Gasteiger partial charge is 0.146 e. The molecule has 0 aromatic rings. The number of unbranched alkanes of at least 4 members (excludes halogenated alkanes) is 1. The van der Waals surface area contributed by atoms with E-state index in [1.54, 1.807) is 6.92 Å². The number of rotatable bonds is 4. The molecule has 0 aromatic carbocycles. The van der Waals surface area contributed by atoms with Crippen LogP contribution in [0.25, 0.3) is 0 Å². The zero-order valence-corrected chi connectivity index (χ0v) is 8.18. The predicted octanol–water partition coefficient (Wildman–Crippen LogP) is 1.84. The van der Waals surface area contributed by atoms with Gasteiger partial charge in [-0.2, -0.15) is 0 Å². The largest absolute Gasteiger partial charge is 0.298 e. The van der Waals surface area contributed by atoms with Crippen LogP contribution in [0.5, 0.6) is 0 Å². The van der Waals surface area contributed by atoms with E-state index in [-0.39, 0.29) is 6.04 Å². The maximum Gasteiger partial charge on any atom is 0.146 e. The van der Waals surface area contributed by atoms with Gasteiger partial charge in [0.05, 0.1) is 6.04 Å². The van der Waals surface area contributed by atoms with E-state index in [0.29, 0.717) is 5.78 Å². The molecular weight excluding hydrogens is 150 g/mol. The number of ketones is 1.